The van der Waals surface area contributed by atoms with E-state index in [1.165, 1.54) is 0 Å². The quantitative estimate of drug-likeness (QED) is 0.692. The Balaban J connectivity index is 1.94. The van der Waals surface area contributed by atoms with Gasteiger partial charge in [0.2, 0.25) is 0 Å². The number of methoxy groups -OCH3 is 1. The van der Waals surface area contributed by atoms with E-state index in [9.17, 15) is 4.79 Å². The molecule has 0 saturated heterocycles. The first-order valence-corrected chi connectivity index (χ1v) is 8.02. The third-order valence-corrected chi connectivity index (χ3v) is 4.78. The minimum atomic E-state index is -0.159. The molecule has 118 valence electrons. The Hall–Kier alpha value is -2.27. The Kier molecular flexibility index (Phi) is 4.13. The highest BCUT2D eigenvalue weighted by Crippen LogP contribution is 2.27. The third kappa shape index (κ3) is 2.97. The van der Waals surface area contributed by atoms with E-state index in [0.29, 0.717) is 5.69 Å². The number of hydrogen-bond acceptors (Lipinski definition) is 2. The summed E-state index contributed by atoms with van der Waals surface area (Å²) >= 11 is 3.48. The van der Waals surface area contributed by atoms with Crippen LogP contribution in [0, 0.1) is 13.8 Å². The maximum Gasteiger partial charge on any atom is 0.272 e. The maximum atomic E-state index is 12.6. The van der Waals surface area contributed by atoms with Gasteiger partial charge in [0.05, 0.1) is 7.11 Å². The fraction of sp³-hybridized carbons (Fsp3) is 0.167. The Labute approximate surface area is 143 Å². The highest BCUT2D eigenvalue weighted by atomic mass is 79.9. The molecule has 1 heterocycles. The molecule has 0 aliphatic carbocycles. The largest absolute Gasteiger partial charge is 0.497 e. The van der Waals surface area contributed by atoms with Crippen molar-refractivity contribution in [2.45, 2.75) is 13.8 Å². The van der Waals surface area contributed by atoms with Crippen LogP contribution in [0.4, 0.5) is 5.69 Å². The van der Waals surface area contributed by atoms with Crippen molar-refractivity contribution in [2.24, 2.45) is 0 Å². The van der Waals surface area contributed by atoms with E-state index in [-0.39, 0.29) is 5.91 Å². The monoisotopic (exact) mass is 372 g/mol. The van der Waals surface area contributed by atoms with Gasteiger partial charge in [0, 0.05) is 21.1 Å². The number of nitrogens with one attached hydrogen (secondary N) is 2. The number of fused-ring (bicyclic) bond motifs is 1. The van der Waals surface area contributed by atoms with Crippen LogP contribution in [0.1, 0.15) is 21.6 Å². The lowest BCUT2D eigenvalue weighted by Crippen LogP contribution is -2.13. The summed E-state index contributed by atoms with van der Waals surface area (Å²) in [6.45, 7) is 3.93. The Morgan fingerprint density at radius 2 is 1.96 bits per heavy atom. The second-order valence-corrected chi connectivity index (χ2v) is 6.31. The molecule has 2 aromatic carbocycles. The predicted octanol–water partition coefficient (Wildman–Crippen LogP) is 4.81. The van der Waals surface area contributed by atoms with Crippen LogP contribution >= 0.6 is 15.9 Å². The van der Waals surface area contributed by atoms with Crippen LogP contribution in [0.3, 0.4) is 0 Å². The van der Waals surface area contributed by atoms with Crippen molar-refractivity contribution in [3.8, 4) is 5.75 Å². The van der Waals surface area contributed by atoms with Gasteiger partial charge in [-0.05, 0) is 55.3 Å². The fourth-order valence-electron chi connectivity index (χ4n) is 2.52. The molecule has 1 aromatic heterocycles. The second kappa shape index (κ2) is 6.08. The molecule has 0 atom stereocenters. The number of aromatic amines is 1. The summed E-state index contributed by atoms with van der Waals surface area (Å²) in [7, 11) is 1.63. The smallest absolute Gasteiger partial charge is 0.272 e. The molecule has 1 amide bonds. The van der Waals surface area contributed by atoms with Crippen molar-refractivity contribution in [1.29, 1.82) is 0 Å². The van der Waals surface area contributed by atoms with Gasteiger partial charge in [0.15, 0.2) is 0 Å². The fourth-order valence-corrected chi connectivity index (χ4v) is 2.90. The summed E-state index contributed by atoms with van der Waals surface area (Å²) < 4.78 is 6.21. The Bertz CT molecular complexity index is 899. The maximum absolute atomic E-state index is 12.6. The molecular formula is C18H17BrN2O2. The minimum absolute atomic E-state index is 0.159. The van der Waals surface area contributed by atoms with Gasteiger partial charge in [0.25, 0.3) is 5.91 Å². The predicted molar refractivity (Wildman–Crippen MR) is 96.4 cm³/mol. The Morgan fingerprint density at radius 1 is 1.17 bits per heavy atom. The van der Waals surface area contributed by atoms with Crippen LogP contribution < -0.4 is 10.1 Å². The average molecular weight is 373 g/mol. The van der Waals surface area contributed by atoms with Crippen LogP contribution in [-0.2, 0) is 0 Å². The molecule has 0 radical (unpaired) electrons. The van der Waals surface area contributed by atoms with Crippen molar-refractivity contribution in [2.75, 3.05) is 12.4 Å². The molecule has 3 rings (SSSR count). The summed E-state index contributed by atoms with van der Waals surface area (Å²) in [4.78, 5) is 15.7. The van der Waals surface area contributed by atoms with E-state index in [0.717, 1.165) is 37.9 Å². The van der Waals surface area contributed by atoms with Gasteiger partial charge in [-0.15, -0.1) is 0 Å². The molecule has 3 aromatic rings. The highest BCUT2D eigenvalue weighted by molar-refractivity contribution is 9.10. The zero-order valence-corrected chi connectivity index (χ0v) is 14.7. The number of ether oxygens (including phenoxy) is 1. The van der Waals surface area contributed by atoms with Crippen LogP contribution in [0.25, 0.3) is 10.9 Å². The standard InChI is InChI=1S/C18H17BrN2O2/c1-10-4-5-12(8-15(10)19)20-18(22)17-11(2)14-9-13(23-3)6-7-16(14)21-17/h4-9,21H,1-3H3,(H,20,22). The van der Waals surface area contributed by atoms with Gasteiger partial charge in [-0.2, -0.15) is 0 Å². The molecule has 0 unspecified atom stereocenters. The topological polar surface area (TPSA) is 54.1 Å². The van der Waals surface area contributed by atoms with Crippen LogP contribution in [-0.4, -0.2) is 18.0 Å². The van der Waals surface area contributed by atoms with Gasteiger partial charge >= 0.3 is 0 Å². The number of H-pyrrole nitrogens is 1. The number of halogens is 1. The molecule has 0 bridgehead atoms. The number of amides is 1. The third-order valence-electron chi connectivity index (χ3n) is 3.92. The number of aryl methyl sites for hydroxylation is 2. The van der Waals surface area contributed by atoms with Gasteiger partial charge in [-0.1, -0.05) is 22.0 Å². The number of benzene rings is 2. The van der Waals surface area contributed by atoms with Gasteiger partial charge < -0.3 is 15.0 Å². The lowest BCUT2D eigenvalue weighted by Gasteiger charge is -2.06. The Morgan fingerprint density at radius 3 is 2.65 bits per heavy atom. The zero-order chi connectivity index (χ0) is 16.6. The molecular weight excluding hydrogens is 356 g/mol. The highest BCUT2D eigenvalue weighted by Gasteiger charge is 2.15. The normalized spacial score (nSPS) is 10.8. The first kappa shape index (κ1) is 15.6. The molecule has 0 aliphatic rings. The molecule has 23 heavy (non-hydrogen) atoms. The first-order chi connectivity index (χ1) is 11.0. The number of rotatable bonds is 3. The lowest BCUT2D eigenvalue weighted by atomic mass is 10.1. The summed E-state index contributed by atoms with van der Waals surface area (Å²) in [6, 6.07) is 11.5. The molecule has 0 fully saturated rings. The van der Waals surface area contributed by atoms with Crippen LogP contribution in [0.5, 0.6) is 5.75 Å². The van der Waals surface area contributed by atoms with Crippen LogP contribution in [0.2, 0.25) is 0 Å². The van der Waals surface area contributed by atoms with E-state index in [1.807, 2.05) is 50.2 Å². The lowest BCUT2D eigenvalue weighted by molar-refractivity contribution is 0.102. The molecule has 2 N–H and O–H groups in total. The number of carbonyl (C=O) groups excluding carboxylic acids is 1. The van der Waals surface area contributed by atoms with E-state index in [1.54, 1.807) is 7.11 Å². The number of aromatic nitrogens is 1. The SMILES string of the molecule is COc1ccc2[nH]c(C(=O)Nc3ccc(C)c(Br)c3)c(C)c2c1. The van der Waals surface area contributed by atoms with Crippen molar-refractivity contribution in [1.82, 2.24) is 4.98 Å². The molecule has 0 spiro atoms. The van der Waals surface area contributed by atoms with E-state index in [4.69, 9.17) is 4.74 Å². The molecule has 0 aliphatic heterocycles. The summed E-state index contributed by atoms with van der Waals surface area (Å²) in [5.74, 6) is 0.613. The summed E-state index contributed by atoms with van der Waals surface area (Å²) in [6.07, 6.45) is 0. The molecule has 0 saturated carbocycles. The van der Waals surface area contributed by atoms with Crippen molar-refractivity contribution in [3.05, 3.63) is 57.7 Å². The zero-order valence-electron chi connectivity index (χ0n) is 13.2. The van der Waals surface area contributed by atoms with E-state index < -0.39 is 0 Å². The molecule has 4 nitrogen and oxygen atoms in total. The number of carbonyl (C=O) groups is 1. The van der Waals surface area contributed by atoms with Gasteiger partial charge in [-0.3, -0.25) is 4.79 Å². The van der Waals surface area contributed by atoms with Crippen LogP contribution in [0.15, 0.2) is 40.9 Å². The van der Waals surface area contributed by atoms with E-state index in [2.05, 4.69) is 26.2 Å². The number of hydrogen-bond donors (Lipinski definition) is 2. The van der Waals surface area contributed by atoms with Crippen molar-refractivity contribution in [3.63, 3.8) is 0 Å². The van der Waals surface area contributed by atoms with Gasteiger partial charge in [0.1, 0.15) is 11.4 Å². The second-order valence-electron chi connectivity index (χ2n) is 5.45. The number of anilines is 1. The van der Waals surface area contributed by atoms with E-state index >= 15 is 0 Å². The summed E-state index contributed by atoms with van der Waals surface area (Å²) in [5, 5.41) is 3.91. The van der Waals surface area contributed by atoms with Gasteiger partial charge in [-0.25, -0.2) is 0 Å². The summed E-state index contributed by atoms with van der Waals surface area (Å²) in [5.41, 5.74) is 4.26. The minimum Gasteiger partial charge on any atom is -0.497 e. The molecule has 5 heteroatoms. The average Bonchev–Trinajstić information content (AvgIpc) is 2.87. The van der Waals surface area contributed by atoms with Crippen molar-refractivity contribution >= 4 is 38.4 Å². The first-order valence-electron chi connectivity index (χ1n) is 7.23. The van der Waals surface area contributed by atoms with Crippen molar-refractivity contribution < 1.29 is 9.53 Å².